The first-order valence-electron chi connectivity index (χ1n) is 8.82. The zero-order valence-corrected chi connectivity index (χ0v) is 14.5. The Balaban J connectivity index is 1.95. The Hall–Kier alpha value is -2.80. The lowest BCUT2D eigenvalue weighted by Gasteiger charge is -2.16. The molecule has 0 spiro atoms. The molecule has 3 aromatic rings. The van der Waals surface area contributed by atoms with Gasteiger partial charge in [0.2, 0.25) is 5.88 Å². The van der Waals surface area contributed by atoms with E-state index in [0.29, 0.717) is 37.4 Å². The summed E-state index contributed by atoms with van der Waals surface area (Å²) in [7, 11) is 0. The summed E-state index contributed by atoms with van der Waals surface area (Å²) >= 11 is 0. The summed E-state index contributed by atoms with van der Waals surface area (Å²) in [5, 5.41) is 21.2. The first kappa shape index (κ1) is 16.7. The maximum absolute atomic E-state index is 12.7. The molecule has 1 aromatic carbocycles. The molecule has 7 nitrogen and oxygen atoms in total. The van der Waals surface area contributed by atoms with Crippen LogP contribution in [-0.4, -0.2) is 43.7 Å². The lowest BCUT2D eigenvalue weighted by atomic mass is 9.96. The minimum Gasteiger partial charge on any atom is -0.503 e. The molecule has 7 heteroatoms. The van der Waals surface area contributed by atoms with Gasteiger partial charge in [-0.05, 0) is 31.0 Å². The number of benzene rings is 1. The predicted molar refractivity (Wildman–Crippen MR) is 96.2 cm³/mol. The monoisotopic (exact) mass is 355 g/mol. The van der Waals surface area contributed by atoms with Crippen LogP contribution in [0.5, 0.6) is 11.6 Å². The number of aromatic nitrogens is 3. The highest BCUT2D eigenvalue weighted by atomic mass is 16.5. The SMILES string of the molecule is CCCC(=O)c1c(O)c(O)n(-c2ccc3nc[nH]c3c2)c1C1CCOC1. The molecule has 1 fully saturated rings. The minimum absolute atomic E-state index is 0.0601. The average molecular weight is 355 g/mol. The summed E-state index contributed by atoms with van der Waals surface area (Å²) in [5.41, 5.74) is 3.11. The van der Waals surface area contributed by atoms with Crippen molar-refractivity contribution in [2.75, 3.05) is 13.2 Å². The molecule has 0 aliphatic carbocycles. The Kier molecular flexibility index (Phi) is 4.16. The van der Waals surface area contributed by atoms with E-state index in [-0.39, 0.29) is 28.9 Å². The highest BCUT2D eigenvalue weighted by molar-refractivity contribution is 6.01. The summed E-state index contributed by atoms with van der Waals surface area (Å²) < 4.78 is 7.07. The Morgan fingerprint density at radius 1 is 1.42 bits per heavy atom. The van der Waals surface area contributed by atoms with E-state index < -0.39 is 0 Å². The summed E-state index contributed by atoms with van der Waals surface area (Å²) in [6, 6.07) is 5.49. The van der Waals surface area contributed by atoms with Gasteiger partial charge in [0.05, 0.1) is 35.2 Å². The third kappa shape index (κ3) is 2.55. The second kappa shape index (κ2) is 6.49. The van der Waals surface area contributed by atoms with Gasteiger partial charge in [0, 0.05) is 24.6 Å². The van der Waals surface area contributed by atoms with E-state index in [1.165, 1.54) is 0 Å². The van der Waals surface area contributed by atoms with Gasteiger partial charge in [-0.15, -0.1) is 0 Å². The largest absolute Gasteiger partial charge is 0.503 e. The van der Waals surface area contributed by atoms with Crippen LogP contribution in [-0.2, 0) is 4.74 Å². The van der Waals surface area contributed by atoms with E-state index >= 15 is 0 Å². The third-order valence-corrected chi connectivity index (χ3v) is 4.89. The number of H-pyrrole nitrogens is 1. The number of imidazole rings is 1. The molecule has 3 N–H and O–H groups in total. The maximum Gasteiger partial charge on any atom is 0.240 e. The molecule has 26 heavy (non-hydrogen) atoms. The number of carbonyl (C=O) groups excluding carboxylic acids is 1. The number of carbonyl (C=O) groups is 1. The van der Waals surface area contributed by atoms with Crippen molar-refractivity contribution in [1.29, 1.82) is 0 Å². The van der Waals surface area contributed by atoms with Gasteiger partial charge < -0.3 is 19.9 Å². The fraction of sp³-hybridized carbons (Fsp3) is 0.368. The van der Waals surface area contributed by atoms with Crippen molar-refractivity contribution >= 4 is 16.8 Å². The molecule has 136 valence electrons. The van der Waals surface area contributed by atoms with E-state index in [0.717, 1.165) is 17.5 Å². The molecule has 0 radical (unpaired) electrons. The average Bonchev–Trinajstić information content (AvgIpc) is 3.35. The lowest BCUT2D eigenvalue weighted by Crippen LogP contribution is -2.12. The van der Waals surface area contributed by atoms with Crippen molar-refractivity contribution in [3.8, 4) is 17.3 Å². The van der Waals surface area contributed by atoms with Crippen molar-refractivity contribution in [2.24, 2.45) is 0 Å². The number of rotatable bonds is 5. The molecule has 3 heterocycles. The Bertz CT molecular complexity index is 967. The van der Waals surface area contributed by atoms with Crippen LogP contribution < -0.4 is 0 Å². The molecule has 1 aliphatic rings. The quantitative estimate of drug-likeness (QED) is 0.610. The van der Waals surface area contributed by atoms with Crippen LogP contribution >= 0.6 is 0 Å². The van der Waals surface area contributed by atoms with Crippen LogP contribution in [0.3, 0.4) is 0 Å². The number of aromatic amines is 1. The van der Waals surface area contributed by atoms with Crippen LogP contribution in [0.25, 0.3) is 16.7 Å². The fourth-order valence-corrected chi connectivity index (χ4v) is 3.65. The zero-order valence-electron chi connectivity index (χ0n) is 14.5. The number of Topliss-reactive ketones (excluding diaryl/α,β-unsaturated/α-hetero) is 1. The molecule has 2 aromatic heterocycles. The van der Waals surface area contributed by atoms with Crippen molar-refractivity contribution in [3.05, 3.63) is 35.8 Å². The van der Waals surface area contributed by atoms with Crippen LogP contribution in [0.2, 0.25) is 0 Å². The van der Waals surface area contributed by atoms with E-state index in [2.05, 4.69) is 9.97 Å². The number of fused-ring (bicyclic) bond motifs is 1. The topological polar surface area (TPSA) is 100 Å². The highest BCUT2D eigenvalue weighted by Crippen LogP contribution is 2.44. The smallest absolute Gasteiger partial charge is 0.240 e. The summed E-state index contributed by atoms with van der Waals surface area (Å²) in [6.07, 6.45) is 3.33. The standard InChI is InChI=1S/C19H21N3O4/c1-2-3-15(23)16-17(11-6-7-26-9-11)22(19(25)18(16)24)12-4-5-13-14(8-12)21-10-20-13/h4-5,8,10-11,24-25H,2-3,6-7,9H2,1H3,(H,20,21). The maximum atomic E-state index is 12.7. The number of nitrogens with zero attached hydrogens (tertiary/aromatic N) is 2. The summed E-state index contributed by atoms with van der Waals surface area (Å²) in [5.74, 6) is -0.890. The number of ether oxygens (including phenoxy) is 1. The molecular formula is C19H21N3O4. The van der Waals surface area contributed by atoms with Gasteiger partial charge in [-0.1, -0.05) is 6.92 Å². The molecule has 1 unspecified atom stereocenters. The first-order valence-corrected chi connectivity index (χ1v) is 8.82. The molecule has 0 saturated carbocycles. The molecular weight excluding hydrogens is 334 g/mol. The number of hydrogen-bond acceptors (Lipinski definition) is 5. The normalized spacial score (nSPS) is 17.2. The van der Waals surface area contributed by atoms with Gasteiger partial charge in [0.15, 0.2) is 11.5 Å². The van der Waals surface area contributed by atoms with Crippen molar-refractivity contribution in [3.63, 3.8) is 0 Å². The van der Waals surface area contributed by atoms with Gasteiger partial charge in [0.1, 0.15) is 0 Å². The van der Waals surface area contributed by atoms with Crippen LogP contribution in [0.1, 0.15) is 48.2 Å². The third-order valence-electron chi connectivity index (χ3n) is 4.89. The Morgan fingerprint density at radius 3 is 3.00 bits per heavy atom. The fourth-order valence-electron chi connectivity index (χ4n) is 3.65. The molecule has 4 rings (SSSR count). The second-order valence-electron chi connectivity index (χ2n) is 6.61. The second-order valence-corrected chi connectivity index (χ2v) is 6.61. The molecule has 0 amide bonds. The van der Waals surface area contributed by atoms with Gasteiger partial charge in [-0.3, -0.25) is 9.36 Å². The van der Waals surface area contributed by atoms with Crippen molar-refractivity contribution < 1.29 is 19.7 Å². The van der Waals surface area contributed by atoms with Crippen molar-refractivity contribution in [2.45, 2.75) is 32.1 Å². The van der Waals surface area contributed by atoms with E-state index in [1.807, 2.05) is 25.1 Å². The summed E-state index contributed by atoms with van der Waals surface area (Å²) in [4.78, 5) is 19.9. The molecule has 1 saturated heterocycles. The van der Waals surface area contributed by atoms with Crippen LogP contribution in [0, 0.1) is 0 Å². The van der Waals surface area contributed by atoms with Crippen molar-refractivity contribution in [1.82, 2.24) is 14.5 Å². The number of aromatic hydroxyl groups is 2. The zero-order chi connectivity index (χ0) is 18.3. The van der Waals surface area contributed by atoms with Crippen LogP contribution in [0.4, 0.5) is 0 Å². The van der Waals surface area contributed by atoms with Gasteiger partial charge >= 0.3 is 0 Å². The molecule has 0 bridgehead atoms. The predicted octanol–water partition coefficient (Wildman–Crippen LogP) is 3.25. The lowest BCUT2D eigenvalue weighted by molar-refractivity contribution is 0.0977. The van der Waals surface area contributed by atoms with Gasteiger partial charge in [0.25, 0.3) is 0 Å². The first-order chi connectivity index (χ1) is 12.6. The Morgan fingerprint density at radius 2 is 2.27 bits per heavy atom. The van der Waals surface area contributed by atoms with E-state index in [4.69, 9.17) is 4.74 Å². The number of ketones is 1. The number of nitrogens with one attached hydrogen (secondary N) is 1. The van der Waals surface area contributed by atoms with E-state index in [1.54, 1.807) is 10.9 Å². The Labute approximate surface area is 150 Å². The van der Waals surface area contributed by atoms with Gasteiger partial charge in [-0.25, -0.2) is 4.98 Å². The number of hydrogen-bond donors (Lipinski definition) is 3. The van der Waals surface area contributed by atoms with Gasteiger partial charge in [-0.2, -0.15) is 0 Å². The molecule has 1 aliphatic heterocycles. The molecule has 1 atom stereocenters. The summed E-state index contributed by atoms with van der Waals surface area (Å²) in [6.45, 7) is 2.97. The highest BCUT2D eigenvalue weighted by Gasteiger charge is 2.33. The van der Waals surface area contributed by atoms with E-state index in [9.17, 15) is 15.0 Å². The minimum atomic E-state index is -0.352. The van der Waals surface area contributed by atoms with Crippen LogP contribution in [0.15, 0.2) is 24.5 Å².